The van der Waals surface area contributed by atoms with Crippen LogP contribution in [-0.2, 0) is 0 Å². The second kappa shape index (κ2) is 3.54. The molecule has 1 fully saturated rings. The average Bonchev–Trinajstić information content (AvgIpc) is 2.82. The third-order valence-corrected chi connectivity index (χ3v) is 3.09. The molecule has 15 heavy (non-hydrogen) atoms. The van der Waals surface area contributed by atoms with Gasteiger partial charge in [-0.3, -0.25) is 4.98 Å². The van der Waals surface area contributed by atoms with Crippen molar-refractivity contribution in [1.82, 2.24) is 4.98 Å². The maximum atomic E-state index is 4.32. The van der Waals surface area contributed by atoms with Gasteiger partial charge in [-0.15, -0.1) is 0 Å². The summed E-state index contributed by atoms with van der Waals surface area (Å²) < 4.78 is 0. The van der Waals surface area contributed by atoms with E-state index in [1.54, 1.807) is 0 Å². The van der Waals surface area contributed by atoms with Crippen LogP contribution in [0.2, 0.25) is 0 Å². The molecule has 3 rings (SSSR count). The molecule has 0 N–H and O–H groups in total. The SMILES string of the molecule is c1ccc2c(N3CCCC3)cncc2c1. The molecule has 0 atom stereocenters. The predicted molar refractivity (Wildman–Crippen MR) is 63.2 cm³/mol. The first-order valence-electron chi connectivity index (χ1n) is 5.53. The molecule has 1 saturated heterocycles. The third-order valence-electron chi connectivity index (χ3n) is 3.09. The lowest BCUT2D eigenvalue weighted by Gasteiger charge is -2.18. The highest BCUT2D eigenvalue weighted by Gasteiger charge is 2.14. The molecule has 0 bridgehead atoms. The van der Waals surface area contributed by atoms with Gasteiger partial charge in [-0.05, 0) is 12.8 Å². The molecule has 0 radical (unpaired) electrons. The first-order chi connectivity index (χ1) is 7.45. The fourth-order valence-corrected chi connectivity index (χ4v) is 2.31. The van der Waals surface area contributed by atoms with Gasteiger partial charge in [0.1, 0.15) is 0 Å². The average molecular weight is 198 g/mol. The number of pyridine rings is 1. The Morgan fingerprint density at radius 1 is 1.00 bits per heavy atom. The minimum atomic E-state index is 1.18. The van der Waals surface area contributed by atoms with Gasteiger partial charge in [-0.2, -0.15) is 0 Å². The summed E-state index contributed by atoms with van der Waals surface area (Å²) in [6, 6.07) is 8.48. The van der Waals surface area contributed by atoms with Gasteiger partial charge < -0.3 is 4.90 Å². The summed E-state index contributed by atoms with van der Waals surface area (Å²) in [4.78, 5) is 6.76. The summed E-state index contributed by atoms with van der Waals surface area (Å²) in [6.07, 6.45) is 6.55. The van der Waals surface area contributed by atoms with Crippen LogP contribution in [0, 0.1) is 0 Å². The normalized spacial score (nSPS) is 16.1. The highest BCUT2D eigenvalue weighted by molar-refractivity contribution is 5.93. The zero-order valence-electron chi connectivity index (χ0n) is 8.69. The van der Waals surface area contributed by atoms with E-state index in [9.17, 15) is 0 Å². The fourth-order valence-electron chi connectivity index (χ4n) is 2.31. The largest absolute Gasteiger partial charge is 0.370 e. The van der Waals surface area contributed by atoms with Crippen molar-refractivity contribution in [2.75, 3.05) is 18.0 Å². The molecule has 1 aromatic heterocycles. The van der Waals surface area contributed by atoms with Crippen molar-refractivity contribution < 1.29 is 0 Å². The molecule has 76 valence electrons. The molecule has 2 aromatic rings. The summed E-state index contributed by atoms with van der Waals surface area (Å²) >= 11 is 0. The number of aromatic nitrogens is 1. The third kappa shape index (κ3) is 1.46. The number of rotatable bonds is 1. The Hall–Kier alpha value is -1.57. The molecule has 0 saturated carbocycles. The fraction of sp³-hybridized carbons (Fsp3) is 0.308. The van der Waals surface area contributed by atoms with E-state index in [2.05, 4.69) is 34.1 Å². The van der Waals surface area contributed by atoms with Crippen molar-refractivity contribution in [3.05, 3.63) is 36.7 Å². The van der Waals surface area contributed by atoms with Gasteiger partial charge in [0.2, 0.25) is 0 Å². The molecule has 1 aliphatic rings. The first-order valence-corrected chi connectivity index (χ1v) is 5.53. The molecule has 0 amide bonds. The van der Waals surface area contributed by atoms with E-state index >= 15 is 0 Å². The van der Waals surface area contributed by atoms with Crippen molar-refractivity contribution >= 4 is 16.5 Å². The van der Waals surface area contributed by atoms with Crippen LogP contribution in [0.3, 0.4) is 0 Å². The van der Waals surface area contributed by atoms with Gasteiger partial charge in [0, 0.05) is 30.1 Å². The Balaban J connectivity index is 2.16. The van der Waals surface area contributed by atoms with Crippen LogP contribution in [0.5, 0.6) is 0 Å². The molecule has 1 aromatic carbocycles. The van der Waals surface area contributed by atoms with Crippen LogP contribution in [-0.4, -0.2) is 18.1 Å². The molecule has 0 aliphatic carbocycles. The zero-order chi connectivity index (χ0) is 10.1. The van der Waals surface area contributed by atoms with Crippen molar-refractivity contribution in [1.29, 1.82) is 0 Å². The van der Waals surface area contributed by atoms with Crippen LogP contribution in [0.25, 0.3) is 10.8 Å². The lowest BCUT2D eigenvalue weighted by molar-refractivity contribution is 0.949. The Kier molecular flexibility index (Phi) is 2.05. The van der Waals surface area contributed by atoms with E-state index in [1.807, 2.05) is 12.4 Å². The Bertz CT molecular complexity index is 467. The van der Waals surface area contributed by atoms with Crippen LogP contribution in [0.1, 0.15) is 12.8 Å². The standard InChI is InChI=1S/C13H14N2/c1-2-6-12-11(5-1)9-14-10-13(12)15-7-3-4-8-15/h1-2,5-6,9-10H,3-4,7-8H2. The van der Waals surface area contributed by atoms with Gasteiger partial charge in [0.15, 0.2) is 0 Å². The summed E-state index contributed by atoms with van der Waals surface area (Å²) in [5, 5.41) is 2.57. The second-order valence-corrected chi connectivity index (χ2v) is 4.07. The van der Waals surface area contributed by atoms with E-state index in [0.717, 1.165) is 0 Å². The topological polar surface area (TPSA) is 16.1 Å². The molecule has 2 nitrogen and oxygen atoms in total. The Morgan fingerprint density at radius 3 is 2.67 bits per heavy atom. The molecule has 0 unspecified atom stereocenters. The van der Waals surface area contributed by atoms with E-state index in [0.29, 0.717) is 0 Å². The van der Waals surface area contributed by atoms with Crippen molar-refractivity contribution in [2.24, 2.45) is 0 Å². The van der Waals surface area contributed by atoms with Crippen molar-refractivity contribution in [3.63, 3.8) is 0 Å². The highest BCUT2D eigenvalue weighted by Crippen LogP contribution is 2.27. The van der Waals surface area contributed by atoms with Crippen LogP contribution in [0.4, 0.5) is 5.69 Å². The molecule has 1 aliphatic heterocycles. The number of hydrogen-bond donors (Lipinski definition) is 0. The molecule has 0 spiro atoms. The molecular formula is C13H14N2. The van der Waals surface area contributed by atoms with Gasteiger partial charge in [0.05, 0.1) is 11.9 Å². The number of anilines is 1. The minimum Gasteiger partial charge on any atom is -0.370 e. The van der Waals surface area contributed by atoms with E-state index in [-0.39, 0.29) is 0 Å². The quantitative estimate of drug-likeness (QED) is 0.700. The van der Waals surface area contributed by atoms with E-state index in [1.165, 1.54) is 42.4 Å². The van der Waals surface area contributed by atoms with Crippen molar-refractivity contribution in [2.45, 2.75) is 12.8 Å². The molecular weight excluding hydrogens is 184 g/mol. The summed E-state index contributed by atoms with van der Waals surface area (Å²) in [5.74, 6) is 0. The van der Waals surface area contributed by atoms with E-state index < -0.39 is 0 Å². The van der Waals surface area contributed by atoms with Gasteiger partial charge in [0.25, 0.3) is 0 Å². The second-order valence-electron chi connectivity index (χ2n) is 4.07. The maximum absolute atomic E-state index is 4.32. The minimum absolute atomic E-state index is 1.18. The van der Waals surface area contributed by atoms with Gasteiger partial charge in [-0.1, -0.05) is 24.3 Å². The van der Waals surface area contributed by atoms with Crippen LogP contribution < -0.4 is 4.90 Å². The lowest BCUT2D eigenvalue weighted by Crippen LogP contribution is -2.17. The number of benzene rings is 1. The molecule has 2 heteroatoms. The highest BCUT2D eigenvalue weighted by atomic mass is 15.1. The first kappa shape index (κ1) is 8.72. The number of hydrogen-bond acceptors (Lipinski definition) is 2. The number of fused-ring (bicyclic) bond motifs is 1. The lowest BCUT2D eigenvalue weighted by atomic mass is 10.1. The summed E-state index contributed by atoms with van der Waals surface area (Å²) in [7, 11) is 0. The zero-order valence-corrected chi connectivity index (χ0v) is 8.69. The van der Waals surface area contributed by atoms with Crippen molar-refractivity contribution in [3.8, 4) is 0 Å². The number of nitrogens with zero attached hydrogens (tertiary/aromatic N) is 2. The monoisotopic (exact) mass is 198 g/mol. The summed E-state index contributed by atoms with van der Waals surface area (Å²) in [6.45, 7) is 2.35. The molecule has 2 heterocycles. The van der Waals surface area contributed by atoms with Crippen LogP contribution >= 0.6 is 0 Å². The predicted octanol–water partition coefficient (Wildman–Crippen LogP) is 2.84. The maximum Gasteiger partial charge on any atom is 0.0632 e. The Morgan fingerprint density at radius 2 is 1.80 bits per heavy atom. The Labute approximate surface area is 89.5 Å². The van der Waals surface area contributed by atoms with Gasteiger partial charge >= 0.3 is 0 Å². The van der Waals surface area contributed by atoms with Crippen LogP contribution in [0.15, 0.2) is 36.7 Å². The van der Waals surface area contributed by atoms with E-state index in [4.69, 9.17) is 0 Å². The summed E-state index contributed by atoms with van der Waals surface area (Å²) in [5.41, 5.74) is 1.30. The van der Waals surface area contributed by atoms with Gasteiger partial charge in [-0.25, -0.2) is 0 Å². The smallest absolute Gasteiger partial charge is 0.0632 e.